The third-order valence-electron chi connectivity index (χ3n) is 3.94. The molecular weight excluding hydrogens is 388 g/mol. The maximum Gasteiger partial charge on any atom is 0.410 e. The number of hydrogen-bond acceptors (Lipinski definition) is 5. The second kappa shape index (κ2) is 6.71. The molecule has 25 heavy (non-hydrogen) atoms. The van der Waals surface area contributed by atoms with Gasteiger partial charge in [0.15, 0.2) is 16.9 Å². The zero-order chi connectivity index (χ0) is 18.2. The molecule has 1 aromatic carbocycles. The number of carbonyl (C=O) groups excluding carboxylic acids is 1. The van der Waals surface area contributed by atoms with E-state index >= 15 is 0 Å². The minimum Gasteiger partial charge on any atom is -0.444 e. The van der Waals surface area contributed by atoms with Crippen LogP contribution in [-0.4, -0.2) is 42.8 Å². The molecule has 1 amide bonds. The molecular formula is C18H21BrN2O4. The number of amides is 1. The molecule has 134 valence electrons. The Bertz CT molecular complexity index is 848. The van der Waals surface area contributed by atoms with Crippen molar-refractivity contribution in [3.05, 3.63) is 39.0 Å². The van der Waals surface area contributed by atoms with Crippen LogP contribution in [0.15, 0.2) is 37.9 Å². The zero-order valence-electron chi connectivity index (χ0n) is 14.5. The number of para-hydroxylation sites is 1. The summed E-state index contributed by atoms with van der Waals surface area (Å²) in [5.41, 5.74) is -0.0438. The fraction of sp³-hybridized carbons (Fsp3) is 0.444. The van der Waals surface area contributed by atoms with Gasteiger partial charge >= 0.3 is 6.09 Å². The van der Waals surface area contributed by atoms with Crippen LogP contribution >= 0.6 is 15.9 Å². The van der Waals surface area contributed by atoms with Crippen LogP contribution in [0, 0.1) is 0 Å². The summed E-state index contributed by atoms with van der Waals surface area (Å²) in [6.07, 6.45) is -0.310. The molecule has 0 N–H and O–H groups in total. The standard InChI is InChI=1S/C18H21BrN2O4/c1-18(2,3)25-17(23)21-9-7-20(8-10-21)15-11-14(22)12-5-4-6-13(19)16(12)24-15/h4-6,11H,7-10H2,1-3H3. The number of fused-ring (bicyclic) bond motifs is 1. The third kappa shape index (κ3) is 3.98. The van der Waals surface area contributed by atoms with E-state index in [9.17, 15) is 9.59 Å². The van der Waals surface area contributed by atoms with E-state index in [1.807, 2.05) is 37.8 Å². The van der Waals surface area contributed by atoms with Crippen molar-refractivity contribution in [1.82, 2.24) is 4.90 Å². The van der Waals surface area contributed by atoms with E-state index in [4.69, 9.17) is 9.15 Å². The number of ether oxygens (including phenoxy) is 1. The van der Waals surface area contributed by atoms with Gasteiger partial charge < -0.3 is 19.0 Å². The molecule has 1 aliphatic rings. The smallest absolute Gasteiger partial charge is 0.410 e. The highest BCUT2D eigenvalue weighted by Crippen LogP contribution is 2.26. The van der Waals surface area contributed by atoms with E-state index in [-0.39, 0.29) is 11.5 Å². The van der Waals surface area contributed by atoms with Crippen molar-refractivity contribution in [2.45, 2.75) is 26.4 Å². The number of rotatable bonds is 1. The number of benzene rings is 1. The van der Waals surface area contributed by atoms with Crippen LogP contribution in [-0.2, 0) is 4.74 Å². The Balaban J connectivity index is 1.75. The first-order chi connectivity index (χ1) is 11.7. The molecule has 0 radical (unpaired) electrons. The van der Waals surface area contributed by atoms with Gasteiger partial charge in [0, 0.05) is 32.2 Å². The lowest BCUT2D eigenvalue weighted by Crippen LogP contribution is -2.50. The topological polar surface area (TPSA) is 63.0 Å². The Labute approximate surface area is 154 Å². The van der Waals surface area contributed by atoms with Gasteiger partial charge in [0.2, 0.25) is 0 Å². The summed E-state index contributed by atoms with van der Waals surface area (Å²) in [7, 11) is 0. The van der Waals surface area contributed by atoms with Gasteiger partial charge in [-0.15, -0.1) is 0 Å². The fourth-order valence-corrected chi connectivity index (χ4v) is 3.17. The summed E-state index contributed by atoms with van der Waals surface area (Å²) in [6, 6.07) is 6.91. The van der Waals surface area contributed by atoms with Crippen molar-refractivity contribution in [3.63, 3.8) is 0 Å². The monoisotopic (exact) mass is 408 g/mol. The summed E-state index contributed by atoms with van der Waals surface area (Å²) in [6.45, 7) is 7.75. The molecule has 0 saturated carbocycles. The van der Waals surface area contributed by atoms with E-state index < -0.39 is 5.60 Å². The Kier molecular flexibility index (Phi) is 4.77. The van der Waals surface area contributed by atoms with Crippen molar-refractivity contribution < 1.29 is 13.9 Å². The summed E-state index contributed by atoms with van der Waals surface area (Å²) in [4.78, 5) is 28.1. The first-order valence-corrected chi connectivity index (χ1v) is 8.99. The SMILES string of the molecule is CC(C)(C)OC(=O)N1CCN(c2cc(=O)c3cccc(Br)c3o2)CC1. The quantitative estimate of drug-likeness (QED) is 0.720. The predicted molar refractivity (Wildman–Crippen MR) is 100 cm³/mol. The first kappa shape index (κ1) is 17.8. The Morgan fingerprint density at radius 3 is 2.52 bits per heavy atom. The first-order valence-electron chi connectivity index (χ1n) is 8.20. The van der Waals surface area contributed by atoms with Gasteiger partial charge in [0.1, 0.15) is 5.60 Å². The Hall–Kier alpha value is -2.02. The molecule has 6 nitrogen and oxygen atoms in total. The average molecular weight is 409 g/mol. The minimum atomic E-state index is -0.508. The molecule has 1 aliphatic heterocycles. The van der Waals surface area contributed by atoms with Crippen LogP contribution in [0.4, 0.5) is 10.7 Å². The summed E-state index contributed by atoms with van der Waals surface area (Å²) < 4.78 is 12.1. The normalized spacial score (nSPS) is 15.5. The van der Waals surface area contributed by atoms with E-state index in [1.165, 1.54) is 6.07 Å². The molecule has 0 spiro atoms. The molecule has 2 aromatic rings. The van der Waals surface area contributed by atoms with E-state index in [2.05, 4.69) is 15.9 Å². The van der Waals surface area contributed by atoms with Crippen molar-refractivity contribution >= 4 is 38.9 Å². The zero-order valence-corrected chi connectivity index (χ0v) is 16.1. The van der Waals surface area contributed by atoms with E-state index in [0.29, 0.717) is 43.0 Å². The van der Waals surface area contributed by atoms with Crippen LogP contribution in [0.1, 0.15) is 20.8 Å². The molecule has 3 rings (SSSR count). The van der Waals surface area contributed by atoms with Crippen molar-refractivity contribution in [2.24, 2.45) is 0 Å². The largest absolute Gasteiger partial charge is 0.444 e. The molecule has 0 atom stereocenters. The second-order valence-electron chi connectivity index (χ2n) is 7.02. The van der Waals surface area contributed by atoms with Gasteiger partial charge in [-0.1, -0.05) is 6.07 Å². The molecule has 1 aromatic heterocycles. The number of hydrogen-bond donors (Lipinski definition) is 0. The number of carbonyl (C=O) groups is 1. The van der Waals surface area contributed by atoms with Crippen LogP contribution in [0.5, 0.6) is 0 Å². The molecule has 2 heterocycles. The molecule has 1 saturated heterocycles. The summed E-state index contributed by atoms with van der Waals surface area (Å²) >= 11 is 3.43. The van der Waals surface area contributed by atoms with Gasteiger partial charge in [-0.2, -0.15) is 0 Å². The maximum absolute atomic E-state index is 12.3. The summed E-state index contributed by atoms with van der Waals surface area (Å²) in [5, 5.41) is 0.547. The van der Waals surface area contributed by atoms with Crippen molar-refractivity contribution in [3.8, 4) is 0 Å². The highest BCUT2D eigenvalue weighted by atomic mass is 79.9. The number of nitrogens with zero attached hydrogens (tertiary/aromatic N) is 2. The van der Waals surface area contributed by atoms with E-state index in [1.54, 1.807) is 11.0 Å². The molecule has 7 heteroatoms. The Morgan fingerprint density at radius 2 is 1.88 bits per heavy atom. The number of halogens is 1. The fourth-order valence-electron chi connectivity index (χ4n) is 2.72. The van der Waals surface area contributed by atoms with Gasteiger partial charge in [0.25, 0.3) is 0 Å². The molecule has 1 fully saturated rings. The van der Waals surface area contributed by atoms with E-state index in [0.717, 1.165) is 4.47 Å². The van der Waals surface area contributed by atoms with Crippen LogP contribution in [0.3, 0.4) is 0 Å². The molecule has 0 bridgehead atoms. The lowest BCUT2D eigenvalue weighted by atomic mass is 10.2. The molecule has 0 unspecified atom stereocenters. The summed E-state index contributed by atoms with van der Waals surface area (Å²) in [5.74, 6) is 0.522. The lowest BCUT2D eigenvalue weighted by molar-refractivity contribution is 0.0239. The van der Waals surface area contributed by atoms with Crippen LogP contribution < -0.4 is 10.3 Å². The van der Waals surface area contributed by atoms with Crippen LogP contribution in [0.25, 0.3) is 11.0 Å². The minimum absolute atomic E-state index is 0.0767. The van der Waals surface area contributed by atoms with Gasteiger partial charge in [-0.05, 0) is 48.8 Å². The predicted octanol–water partition coefficient (Wildman–Crippen LogP) is 3.61. The third-order valence-corrected chi connectivity index (χ3v) is 4.56. The van der Waals surface area contributed by atoms with Gasteiger partial charge in [-0.3, -0.25) is 4.79 Å². The van der Waals surface area contributed by atoms with Crippen molar-refractivity contribution in [1.29, 1.82) is 0 Å². The average Bonchev–Trinajstić information content (AvgIpc) is 2.54. The Morgan fingerprint density at radius 1 is 1.20 bits per heavy atom. The highest BCUT2D eigenvalue weighted by molar-refractivity contribution is 9.10. The van der Waals surface area contributed by atoms with Crippen molar-refractivity contribution in [2.75, 3.05) is 31.1 Å². The second-order valence-corrected chi connectivity index (χ2v) is 7.87. The lowest BCUT2D eigenvalue weighted by Gasteiger charge is -2.35. The number of anilines is 1. The van der Waals surface area contributed by atoms with Crippen LogP contribution in [0.2, 0.25) is 0 Å². The number of piperazine rings is 1. The highest BCUT2D eigenvalue weighted by Gasteiger charge is 2.27. The van der Waals surface area contributed by atoms with Gasteiger partial charge in [-0.25, -0.2) is 4.79 Å². The van der Waals surface area contributed by atoms with Gasteiger partial charge in [0.05, 0.1) is 9.86 Å². The molecule has 0 aliphatic carbocycles. The maximum atomic E-state index is 12.3.